The molecule has 0 saturated carbocycles. The van der Waals surface area contributed by atoms with Crippen molar-refractivity contribution in [3.05, 3.63) is 0 Å². The van der Waals surface area contributed by atoms with Crippen molar-refractivity contribution < 1.29 is 36.2 Å². The Morgan fingerprint density at radius 1 is 1.16 bits per heavy atom. The number of halogens is 6. The van der Waals surface area contributed by atoms with Gasteiger partial charge in [0.15, 0.2) is 0 Å². The van der Waals surface area contributed by atoms with Crippen molar-refractivity contribution in [2.75, 3.05) is 0 Å². The first kappa shape index (κ1) is 20.5. The van der Waals surface area contributed by atoms with Gasteiger partial charge < -0.3 is 10.8 Å². The van der Waals surface area contributed by atoms with Crippen molar-refractivity contribution >= 4 is 5.78 Å². The highest BCUT2D eigenvalue weighted by atomic mass is 19.4. The highest BCUT2D eigenvalue weighted by Crippen LogP contribution is 2.45. The maximum Gasteiger partial charge on any atom is 0.426 e. The molecule has 0 aromatic heterocycles. The van der Waals surface area contributed by atoms with E-state index in [2.05, 4.69) is 6.92 Å². The summed E-state index contributed by atoms with van der Waals surface area (Å²) in [4.78, 5) is 10.2. The highest BCUT2D eigenvalue weighted by molar-refractivity contribution is 5.76. The third-order valence-corrected chi connectivity index (χ3v) is 2.09. The van der Waals surface area contributed by atoms with Gasteiger partial charge in [-0.2, -0.15) is 26.3 Å². The van der Waals surface area contributed by atoms with Gasteiger partial charge in [-0.05, 0) is 20.3 Å². The van der Waals surface area contributed by atoms with Gasteiger partial charge in [0, 0.05) is 6.04 Å². The summed E-state index contributed by atoms with van der Waals surface area (Å²) in [5.74, 6) is -1.40. The number of hydrogen-bond acceptors (Lipinski definition) is 3. The van der Waals surface area contributed by atoms with Gasteiger partial charge >= 0.3 is 12.4 Å². The highest BCUT2D eigenvalue weighted by Gasteiger charge is 2.70. The van der Waals surface area contributed by atoms with Crippen LogP contribution in [0, 0.1) is 0 Å². The summed E-state index contributed by atoms with van der Waals surface area (Å²) in [7, 11) is 0. The lowest BCUT2D eigenvalue weighted by molar-refractivity contribution is -0.366. The zero-order valence-corrected chi connectivity index (χ0v) is 10.7. The van der Waals surface area contributed by atoms with Crippen LogP contribution in [0.2, 0.25) is 0 Å². The standard InChI is InChI=1S/C6H6F6O2.C4H11N/c1-3(13)2-4(14,5(7,8)9)6(10,11)12;1-3-4(2)5/h14H,2H2,1H3;4H,3,5H2,1-2H3. The monoisotopic (exact) mass is 297 g/mol. The molecule has 0 aromatic carbocycles. The number of Topliss-reactive ketones (excluding diaryl/α,β-unsaturated/α-hetero) is 1. The second-order valence-corrected chi connectivity index (χ2v) is 4.12. The summed E-state index contributed by atoms with van der Waals surface area (Å²) < 4.78 is 71.0. The fourth-order valence-electron chi connectivity index (χ4n) is 0.721. The molecule has 0 aliphatic carbocycles. The minimum atomic E-state index is -5.92. The molecular formula is C10H17F6NO2. The van der Waals surface area contributed by atoms with E-state index in [1.807, 2.05) is 6.92 Å². The molecule has 0 heterocycles. The molecule has 1 atom stereocenters. The second kappa shape index (κ2) is 7.09. The van der Waals surface area contributed by atoms with Gasteiger partial charge in [-0.25, -0.2) is 0 Å². The van der Waals surface area contributed by atoms with Crippen molar-refractivity contribution in [2.24, 2.45) is 5.73 Å². The van der Waals surface area contributed by atoms with Crippen molar-refractivity contribution in [1.29, 1.82) is 0 Å². The number of hydrogen-bond donors (Lipinski definition) is 2. The Hall–Kier alpha value is -0.830. The first-order valence-electron chi connectivity index (χ1n) is 5.29. The first-order chi connectivity index (χ1) is 8.19. The fraction of sp³-hybridized carbons (Fsp3) is 0.900. The Labute approximate surface area is 106 Å². The molecular weight excluding hydrogens is 280 g/mol. The molecule has 0 aliphatic heterocycles. The van der Waals surface area contributed by atoms with Crippen molar-refractivity contribution in [3.8, 4) is 0 Å². The van der Waals surface area contributed by atoms with E-state index in [9.17, 15) is 31.1 Å². The maximum atomic E-state index is 11.8. The summed E-state index contributed by atoms with van der Waals surface area (Å²) >= 11 is 0. The van der Waals surface area contributed by atoms with E-state index in [4.69, 9.17) is 10.8 Å². The van der Waals surface area contributed by atoms with E-state index in [1.54, 1.807) is 0 Å². The quantitative estimate of drug-likeness (QED) is 0.787. The lowest BCUT2D eigenvalue weighted by Gasteiger charge is -2.31. The zero-order chi connectivity index (χ0) is 16.1. The summed E-state index contributed by atoms with van der Waals surface area (Å²) in [5.41, 5.74) is 0.339. The van der Waals surface area contributed by atoms with Crippen molar-refractivity contribution in [1.82, 2.24) is 0 Å². The SMILES string of the molecule is CC(=O)CC(O)(C(F)(F)F)C(F)(F)F.CCC(C)N. The predicted octanol–water partition coefficient (Wildman–Crippen LogP) is 2.56. The third-order valence-electron chi connectivity index (χ3n) is 2.09. The fourth-order valence-corrected chi connectivity index (χ4v) is 0.721. The van der Waals surface area contributed by atoms with Crippen LogP contribution in [0.4, 0.5) is 26.3 Å². The van der Waals surface area contributed by atoms with Crippen molar-refractivity contribution in [2.45, 2.75) is 57.6 Å². The topological polar surface area (TPSA) is 63.3 Å². The van der Waals surface area contributed by atoms with Crippen LogP contribution >= 0.6 is 0 Å². The maximum absolute atomic E-state index is 11.8. The van der Waals surface area contributed by atoms with Crippen molar-refractivity contribution in [3.63, 3.8) is 0 Å². The molecule has 0 radical (unpaired) electrons. The number of ketones is 1. The molecule has 19 heavy (non-hydrogen) atoms. The number of rotatable bonds is 3. The van der Waals surface area contributed by atoms with Crippen LogP contribution < -0.4 is 5.73 Å². The largest absolute Gasteiger partial charge is 0.426 e. The van der Waals surface area contributed by atoms with Gasteiger partial charge in [-0.15, -0.1) is 0 Å². The Morgan fingerprint density at radius 3 is 1.47 bits per heavy atom. The Bertz CT molecular complexity index is 271. The molecule has 0 saturated heterocycles. The van der Waals surface area contributed by atoms with Gasteiger partial charge in [-0.3, -0.25) is 4.79 Å². The van der Waals surface area contributed by atoms with Crippen LogP contribution in [-0.2, 0) is 4.79 Å². The van der Waals surface area contributed by atoms with E-state index >= 15 is 0 Å². The number of aliphatic hydroxyl groups is 1. The molecule has 116 valence electrons. The van der Waals surface area contributed by atoms with E-state index < -0.39 is 30.2 Å². The van der Waals surface area contributed by atoms with E-state index in [0.717, 1.165) is 6.42 Å². The first-order valence-corrected chi connectivity index (χ1v) is 5.29. The van der Waals surface area contributed by atoms with Gasteiger partial charge in [-0.1, -0.05) is 6.92 Å². The van der Waals surface area contributed by atoms with E-state index in [1.165, 1.54) is 0 Å². The molecule has 0 fully saturated rings. The molecule has 9 heteroatoms. The van der Waals surface area contributed by atoms with E-state index in [0.29, 0.717) is 13.0 Å². The molecule has 0 bridgehead atoms. The summed E-state index contributed by atoms with van der Waals surface area (Å²) in [5, 5.41) is 8.38. The molecule has 0 spiro atoms. The minimum absolute atomic E-state index is 0.384. The molecule has 0 amide bonds. The zero-order valence-electron chi connectivity index (χ0n) is 10.7. The minimum Gasteiger partial charge on any atom is -0.373 e. The smallest absolute Gasteiger partial charge is 0.373 e. The molecule has 1 unspecified atom stereocenters. The van der Waals surface area contributed by atoms with Crippen LogP contribution in [0.25, 0.3) is 0 Å². The van der Waals surface area contributed by atoms with Gasteiger partial charge in [0.1, 0.15) is 5.78 Å². The van der Waals surface area contributed by atoms with Gasteiger partial charge in [0.2, 0.25) is 0 Å². The van der Waals surface area contributed by atoms with Crippen LogP contribution in [0.5, 0.6) is 0 Å². The summed E-state index contributed by atoms with van der Waals surface area (Å²) in [6.07, 6.45) is -12.8. The summed E-state index contributed by atoms with van der Waals surface area (Å²) in [6.45, 7) is 4.60. The second-order valence-electron chi connectivity index (χ2n) is 4.12. The predicted molar refractivity (Wildman–Crippen MR) is 56.3 cm³/mol. The van der Waals surface area contributed by atoms with Crippen LogP contribution in [0.3, 0.4) is 0 Å². The van der Waals surface area contributed by atoms with Crippen LogP contribution in [0.1, 0.15) is 33.6 Å². The number of carbonyl (C=O) groups is 1. The van der Waals surface area contributed by atoms with Gasteiger partial charge in [0.25, 0.3) is 5.60 Å². The van der Waals surface area contributed by atoms with E-state index in [-0.39, 0.29) is 0 Å². The van der Waals surface area contributed by atoms with Crippen LogP contribution in [0.15, 0.2) is 0 Å². The summed E-state index contributed by atoms with van der Waals surface area (Å²) in [6, 6.07) is 0.384. The molecule has 3 N–H and O–H groups in total. The average Bonchev–Trinajstić information content (AvgIpc) is 2.13. The van der Waals surface area contributed by atoms with Crippen LogP contribution in [-0.4, -0.2) is 34.9 Å². The number of alkyl halides is 6. The average molecular weight is 297 g/mol. The normalized spacial score (nSPS) is 14.5. The third kappa shape index (κ3) is 6.76. The molecule has 0 aliphatic rings. The van der Waals surface area contributed by atoms with Gasteiger partial charge in [0.05, 0.1) is 6.42 Å². The number of nitrogens with two attached hydrogens (primary N) is 1. The Morgan fingerprint density at radius 2 is 1.42 bits per heavy atom. The Balaban J connectivity index is 0. The molecule has 0 aromatic rings. The number of carbonyl (C=O) groups excluding carboxylic acids is 1. The lowest BCUT2D eigenvalue weighted by atomic mass is 9.96. The molecule has 0 rings (SSSR count). The lowest BCUT2D eigenvalue weighted by Crippen LogP contribution is -2.57. The molecule has 3 nitrogen and oxygen atoms in total. The Kier molecular flexibility index (Phi) is 7.64.